The molecule has 3 rings (SSSR count). The van der Waals surface area contributed by atoms with Crippen LogP contribution in [0.25, 0.3) is 0 Å². The number of amides is 1. The third-order valence-corrected chi connectivity index (χ3v) is 4.81. The highest BCUT2D eigenvalue weighted by Crippen LogP contribution is 2.08. The van der Waals surface area contributed by atoms with E-state index in [4.69, 9.17) is 5.73 Å². The van der Waals surface area contributed by atoms with E-state index < -0.39 is 0 Å². The van der Waals surface area contributed by atoms with Gasteiger partial charge in [0.05, 0.1) is 6.42 Å². The SMILES string of the molecule is Nc1ccc(CC(=O)NCCN2CCN(Cc3ccccc3)CC2)cc1. The second kappa shape index (κ2) is 9.36. The molecule has 0 aliphatic carbocycles. The van der Waals surface area contributed by atoms with Gasteiger partial charge >= 0.3 is 0 Å². The summed E-state index contributed by atoms with van der Waals surface area (Å²) in [5, 5.41) is 3.02. The van der Waals surface area contributed by atoms with Gasteiger partial charge < -0.3 is 11.1 Å². The number of carbonyl (C=O) groups excluding carboxylic acids is 1. The van der Waals surface area contributed by atoms with E-state index in [0.717, 1.165) is 50.5 Å². The first-order valence-electron chi connectivity index (χ1n) is 9.29. The fourth-order valence-corrected chi connectivity index (χ4v) is 3.25. The molecule has 1 amide bonds. The van der Waals surface area contributed by atoms with Crippen LogP contribution >= 0.6 is 0 Å². The zero-order valence-electron chi connectivity index (χ0n) is 15.2. The maximum Gasteiger partial charge on any atom is 0.224 e. The third-order valence-electron chi connectivity index (χ3n) is 4.81. The van der Waals surface area contributed by atoms with Gasteiger partial charge in [0, 0.05) is 51.5 Å². The lowest BCUT2D eigenvalue weighted by atomic mass is 10.1. The Balaban J connectivity index is 1.31. The molecule has 2 aromatic carbocycles. The lowest BCUT2D eigenvalue weighted by molar-refractivity contribution is -0.120. The quantitative estimate of drug-likeness (QED) is 0.745. The minimum atomic E-state index is 0.0671. The number of anilines is 1. The molecule has 0 unspecified atom stereocenters. The number of nitrogens with one attached hydrogen (secondary N) is 1. The van der Waals surface area contributed by atoms with Gasteiger partial charge in [-0.1, -0.05) is 42.5 Å². The highest BCUT2D eigenvalue weighted by molar-refractivity contribution is 5.78. The van der Waals surface area contributed by atoms with E-state index in [1.807, 2.05) is 24.3 Å². The smallest absolute Gasteiger partial charge is 0.224 e. The first-order chi connectivity index (χ1) is 12.7. The molecule has 138 valence electrons. The number of piperazine rings is 1. The third kappa shape index (κ3) is 5.86. The molecule has 1 heterocycles. The molecule has 2 aromatic rings. The highest BCUT2D eigenvalue weighted by atomic mass is 16.1. The summed E-state index contributed by atoms with van der Waals surface area (Å²) in [6.07, 6.45) is 0.408. The number of hydrogen-bond donors (Lipinski definition) is 2. The van der Waals surface area contributed by atoms with Crippen LogP contribution in [-0.4, -0.2) is 55.0 Å². The van der Waals surface area contributed by atoms with Crippen LogP contribution in [0.15, 0.2) is 54.6 Å². The topological polar surface area (TPSA) is 61.6 Å². The van der Waals surface area contributed by atoms with Crippen LogP contribution in [0, 0.1) is 0 Å². The number of hydrogen-bond acceptors (Lipinski definition) is 4. The Morgan fingerprint density at radius 1 is 0.885 bits per heavy atom. The van der Waals surface area contributed by atoms with Crippen LogP contribution in [0.3, 0.4) is 0 Å². The van der Waals surface area contributed by atoms with E-state index in [1.165, 1.54) is 5.56 Å². The van der Waals surface area contributed by atoms with E-state index in [-0.39, 0.29) is 5.91 Å². The van der Waals surface area contributed by atoms with Gasteiger partial charge in [0.1, 0.15) is 0 Å². The Kier molecular flexibility index (Phi) is 6.63. The molecule has 0 spiro atoms. The van der Waals surface area contributed by atoms with Crippen molar-refractivity contribution >= 4 is 11.6 Å². The maximum atomic E-state index is 12.0. The van der Waals surface area contributed by atoms with Crippen LogP contribution in [0.2, 0.25) is 0 Å². The van der Waals surface area contributed by atoms with Gasteiger partial charge in [0.25, 0.3) is 0 Å². The van der Waals surface area contributed by atoms with E-state index in [0.29, 0.717) is 13.0 Å². The summed E-state index contributed by atoms with van der Waals surface area (Å²) < 4.78 is 0. The van der Waals surface area contributed by atoms with Gasteiger partial charge in [0.2, 0.25) is 5.91 Å². The van der Waals surface area contributed by atoms with Crippen LogP contribution in [0.4, 0.5) is 5.69 Å². The molecule has 3 N–H and O–H groups in total. The molecule has 0 bridgehead atoms. The zero-order valence-corrected chi connectivity index (χ0v) is 15.2. The fraction of sp³-hybridized carbons (Fsp3) is 0.381. The van der Waals surface area contributed by atoms with Gasteiger partial charge in [-0.3, -0.25) is 14.6 Å². The first kappa shape index (κ1) is 18.4. The molecular weight excluding hydrogens is 324 g/mol. The molecule has 1 aliphatic heterocycles. The number of benzene rings is 2. The molecule has 26 heavy (non-hydrogen) atoms. The molecule has 0 atom stereocenters. The predicted octanol–water partition coefficient (Wildman–Crippen LogP) is 1.75. The van der Waals surface area contributed by atoms with Gasteiger partial charge in [-0.05, 0) is 23.3 Å². The van der Waals surface area contributed by atoms with Crippen molar-refractivity contribution in [3.05, 3.63) is 65.7 Å². The Labute approximate surface area is 155 Å². The van der Waals surface area contributed by atoms with Crippen molar-refractivity contribution in [3.8, 4) is 0 Å². The molecule has 0 aromatic heterocycles. The summed E-state index contributed by atoms with van der Waals surface area (Å²) in [7, 11) is 0. The van der Waals surface area contributed by atoms with Crippen LogP contribution in [0.5, 0.6) is 0 Å². The van der Waals surface area contributed by atoms with E-state index in [2.05, 4.69) is 45.4 Å². The van der Waals surface area contributed by atoms with Gasteiger partial charge in [-0.15, -0.1) is 0 Å². The summed E-state index contributed by atoms with van der Waals surface area (Å²) in [4.78, 5) is 16.9. The normalized spacial score (nSPS) is 15.7. The van der Waals surface area contributed by atoms with E-state index in [9.17, 15) is 4.79 Å². The minimum Gasteiger partial charge on any atom is -0.399 e. The molecule has 5 heteroatoms. The molecule has 1 saturated heterocycles. The summed E-state index contributed by atoms with van der Waals surface area (Å²) in [6, 6.07) is 18.1. The van der Waals surface area contributed by atoms with Gasteiger partial charge in [-0.25, -0.2) is 0 Å². The largest absolute Gasteiger partial charge is 0.399 e. The zero-order chi connectivity index (χ0) is 18.2. The van der Waals surface area contributed by atoms with Crippen LogP contribution < -0.4 is 11.1 Å². The van der Waals surface area contributed by atoms with Crippen molar-refractivity contribution in [3.63, 3.8) is 0 Å². The van der Waals surface area contributed by atoms with E-state index in [1.54, 1.807) is 0 Å². The molecule has 5 nitrogen and oxygen atoms in total. The summed E-state index contributed by atoms with van der Waals surface area (Å²) in [6.45, 7) is 6.90. The number of rotatable bonds is 7. The van der Waals surface area contributed by atoms with Crippen LogP contribution in [-0.2, 0) is 17.8 Å². The highest BCUT2D eigenvalue weighted by Gasteiger charge is 2.16. The number of nitrogens with two attached hydrogens (primary N) is 1. The Hall–Kier alpha value is -2.37. The summed E-state index contributed by atoms with van der Waals surface area (Å²) >= 11 is 0. The average molecular weight is 352 g/mol. The molecule has 1 fully saturated rings. The number of nitrogens with zero attached hydrogens (tertiary/aromatic N) is 2. The maximum absolute atomic E-state index is 12.0. The van der Waals surface area contributed by atoms with Crippen molar-refractivity contribution in [1.82, 2.24) is 15.1 Å². The number of carbonyl (C=O) groups is 1. The second-order valence-corrected chi connectivity index (χ2v) is 6.87. The van der Waals surface area contributed by atoms with Crippen molar-refractivity contribution in [2.75, 3.05) is 45.0 Å². The van der Waals surface area contributed by atoms with Crippen molar-refractivity contribution in [2.24, 2.45) is 0 Å². The second-order valence-electron chi connectivity index (χ2n) is 6.87. The van der Waals surface area contributed by atoms with Crippen molar-refractivity contribution in [2.45, 2.75) is 13.0 Å². The fourth-order valence-electron chi connectivity index (χ4n) is 3.25. The monoisotopic (exact) mass is 352 g/mol. The molecule has 1 aliphatic rings. The lowest BCUT2D eigenvalue weighted by Gasteiger charge is -2.34. The standard InChI is InChI=1S/C21H28N4O/c22-20-8-6-18(7-9-20)16-21(26)23-10-11-24-12-14-25(15-13-24)17-19-4-2-1-3-5-19/h1-9H,10-17,22H2,(H,23,26). The Morgan fingerprint density at radius 3 is 2.23 bits per heavy atom. The summed E-state index contributed by atoms with van der Waals surface area (Å²) in [5.74, 6) is 0.0671. The van der Waals surface area contributed by atoms with Gasteiger partial charge in [-0.2, -0.15) is 0 Å². The summed E-state index contributed by atoms with van der Waals surface area (Å²) in [5.41, 5.74) is 8.75. The average Bonchev–Trinajstić information content (AvgIpc) is 2.66. The van der Waals surface area contributed by atoms with Crippen LogP contribution in [0.1, 0.15) is 11.1 Å². The van der Waals surface area contributed by atoms with Gasteiger partial charge in [0.15, 0.2) is 0 Å². The molecule has 0 saturated carbocycles. The molecular formula is C21H28N4O. The lowest BCUT2D eigenvalue weighted by Crippen LogP contribution is -2.48. The minimum absolute atomic E-state index is 0.0671. The first-order valence-corrected chi connectivity index (χ1v) is 9.29. The predicted molar refractivity (Wildman–Crippen MR) is 106 cm³/mol. The van der Waals surface area contributed by atoms with Crippen molar-refractivity contribution in [1.29, 1.82) is 0 Å². The molecule has 0 radical (unpaired) electrons. The van der Waals surface area contributed by atoms with E-state index >= 15 is 0 Å². The number of nitrogen functional groups attached to an aromatic ring is 1. The van der Waals surface area contributed by atoms with Crippen molar-refractivity contribution < 1.29 is 4.79 Å². The Morgan fingerprint density at radius 2 is 1.54 bits per heavy atom. The Bertz CT molecular complexity index is 679.